The standard InChI is InChI=1S/C19H19F2N3O2/c1-9(2)16-8-13(17-11(4)24-26-19(17)23-16)18(25)22-10(3)12-5-6-14(20)15(21)7-12/h5-10H,1-4H3,(H,22,25). The van der Waals surface area contributed by atoms with E-state index < -0.39 is 17.7 Å². The Balaban J connectivity index is 1.96. The number of aryl methyl sites for hydroxylation is 1. The summed E-state index contributed by atoms with van der Waals surface area (Å²) in [6.07, 6.45) is 0. The van der Waals surface area contributed by atoms with E-state index in [-0.39, 0.29) is 11.8 Å². The SMILES string of the molecule is Cc1noc2nc(C(C)C)cc(C(=O)NC(C)c3ccc(F)c(F)c3)c12. The predicted octanol–water partition coefficient (Wildman–Crippen LogP) is 4.42. The van der Waals surface area contributed by atoms with Crippen LogP contribution < -0.4 is 5.32 Å². The van der Waals surface area contributed by atoms with Crippen LogP contribution in [0.1, 0.15) is 60.0 Å². The molecule has 2 aromatic heterocycles. The Kier molecular flexibility index (Phi) is 4.71. The van der Waals surface area contributed by atoms with Gasteiger partial charge in [0.2, 0.25) is 0 Å². The zero-order valence-corrected chi connectivity index (χ0v) is 14.9. The van der Waals surface area contributed by atoms with Crippen molar-refractivity contribution in [1.29, 1.82) is 0 Å². The third-order valence-electron chi connectivity index (χ3n) is 4.26. The molecule has 0 aliphatic rings. The Morgan fingerprint density at radius 2 is 1.88 bits per heavy atom. The molecule has 0 radical (unpaired) electrons. The van der Waals surface area contributed by atoms with E-state index in [4.69, 9.17) is 4.52 Å². The van der Waals surface area contributed by atoms with E-state index in [0.717, 1.165) is 12.1 Å². The maximum absolute atomic E-state index is 13.4. The number of pyridine rings is 1. The van der Waals surface area contributed by atoms with Crippen LogP contribution in [0.2, 0.25) is 0 Å². The van der Waals surface area contributed by atoms with Crippen molar-refractivity contribution < 1.29 is 18.1 Å². The van der Waals surface area contributed by atoms with Gasteiger partial charge in [0, 0.05) is 5.69 Å². The van der Waals surface area contributed by atoms with Crippen LogP contribution in [0.25, 0.3) is 11.1 Å². The second-order valence-electron chi connectivity index (χ2n) is 6.57. The molecule has 2 heterocycles. The van der Waals surface area contributed by atoms with Gasteiger partial charge < -0.3 is 9.84 Å². The van der Waals surface area contributed by atoms with E-state index in [1.54, 1.807) is 19.9 Å². The summed E-state index contributed by atoms with van der Waals surface area (Å²) < 4.78 is 31.8. The van der Waals surface area contributed by atoms with Crippen molar-refractivity contribution in [2.24, 2.45) is 0 Å². The van der Waals surface area contributed by atoms with Crippen molar-refractivity contribution in [3.63, 3.8) is 0 Å². The van der Waals surface area contributed by atoms with Crippen LogP contribution in [0.5, 0.6) is 0 Å². The van der Waals surface area contributed by atoms with Gasteiger partial charge in [0.15, 0.2) is 11.6 Å². The molecule has 1 N–H and O–H groups in total. The minimum absolute atomic E-state index is 0.0972. The largest absolute Gasteiger partial charge is 0.345 e. The summed E-state index contributed by atoms with van der Waals surface area (Å²) >= 11 is 0. The second-order valence-corrected chi connectivity index (χ2v) is 6.57. The average Bonchev–Trinajstić information content (AvgIpc) is 2.97. The van der Waals surface area contributed by atoms with Crippen molar-refractivity contribution in [2.45, 2.75) is 39.7 Å². The van der Waals surface area contributed by atoms with Gasteiger partial charge in [-0.25, -0.2) is 13.8 Å². The molecular weight excluding hydrogens is 340 g/mol. The minimum Gasteiger partial charge on any atom is -0.345 e. The fourth-order valence-electron chi connectivity index (χ4n) is 2.73. The van der Waals surface area contributed by atoms with Crippen molar-refractivity contribution in [3.8, 4) is 0 Å². The van der Waals surface area contributed by atoms with Crippen molar-refractivity contribution in [1.82, 2.24) is 15.5 Å². The third kappa shape index (κ3) is 3.29. The summed E-state index contributed by atoms with van der Waals surface area (Å²) in [5.41, 5.74) is 2.44. The summed E-state index contributed by atoms with van der Waals surface area (Å²) in [5, 5.41) is 7.24. The van der Waals surface area contributed by atoms with Crippen molar-refractivity contribution in [3.05, 3.63) is 58.4 Å². The number of nitrogens with one attached hydrogen (secondary N) is 1. The highest BCUT2D eigenvalue weighted by molar-refractivity contribution is 6.06. The lowest BCUT2D eigenvalue weighted by molar-refractivity contribution is 0.0941. The van der Waals surface area contributed by atoms with Gasteiger partial charge in [-0.1, -0.05) is 25.1 Å². The summed E-state index contributed by atoms with van der Waals surface area (Å²) in [6.45, 7) is 7.36. The van der Waals surface area contributed by atoms with Gasteiger partial charge >= 0.3 is 0 Å². The topological polar surface area (TPSA) is 68.0 Å². The number of aromatic nitrogens is 2. The fourth-order valence-corrected chi connectivity index (χ4v) is 2.73. The lowest BCUT2D eigenvalue weighted by Gasteiger charge is -2.16. The molecule has 5 nitrogen and oxygen atoms in total. The maximum Gasteiger partial charge on any atom is 0.259 e. The number of carbonyl (C=O) groups excluding carboxylic acids is 1. The highest BCUT2D eigenvalue weighted by Gasteiger charge is 2.21. The van der Waals surface area contributed by atoms with E-state index in [2.05, 4.69) is 15.5 Å². The molecule has 7 heteroatoms. The Morgan fingerprint density at radius 1 is 1.15 bits per heavy atom. The van der Waals surface area contributed by atoms with E-state index in [1.165, 1.54) is 6.07 Å². The molecule has 136 valence electrons. The molecule has 1 amide bonds. The summed E-state index contributed by atoms with van der Waals surface area (Å²) in [5.74, 6) is -2.14. The first-order valence-corrected chi connectivity index (χ1v) is 8.30. The van der Waals surface area contributed by atoms with Gasteiger partial charge in [-0.3, -0.25) is 4.79 Å². The summed E-state index contributed by atoms with van der Waals surface area (Å²) in [4.78, 5) is 17.2. The Bertz CT molecular complexity index is 982. The number of fused-ring (bicyclic) bond motifs is 1. The van der Waals surface area contributed by atoms with Crippen LogP contribution in [0, 0.1) is 18.6 Å². The Morgan fingerprint density at radius 3 is 2.54 bits per heavy atom. The summed E-state index contributed by atoms with van der Waals surface area (Å²) in [7, 11) is 0. The molecule has 0 saturated heterocycles. The molecule has 3 aromatic rings. The van der Waals surface area contributed by atoms with E-state index in [9.17, 15) is 13.6 Å². The van der Waals surface area contributed by atoms with Crippen LogP contribution in [-0.2, 0) is 0 Å². The fraction of sp³-hybridized carbons (Fsp3) is 0.316. The zero-order valence-electron chi connectivity index (χ0n) is 14.9. The number of carbonyl (C=O) groups is 1. The monoisotopic (exact) mass is 359 g/mol. The highest BCUT2D eigenvalue weighted by atomic mass is 19.2. The molecule has 0 saturated carbocycles. The van der Waals surface area contributed by atoms with Gasteiger partial charge in [-0.15, -0.1) is 0 Å². The first kappa shape index (κ1) is 18.0. The average molecular weight is 359 g/mol. The molecular formula is C19H19F2N3O2. The number of hydrogen-bond acceptors (Lipinski definition) is 4. The van der Waals surface area contributed by atoms with Gasteiger partial charge in [-0.2, -0.15) is 0 Å². The lowest BCUT2D eigenvalue weighted by Crippen LogP contribution is -2.27. The Hall–Kier alpha value is -2.83. The number of halogens is 2. The predicted molar refractivity (Wildman–Crippen MR) is 92.9 cm³/mol. The quantitative estimate of drug-likeness (QED) is 0.748. The van der Waals surface area contributed by atoms with Gasteiger partial charge in [-0.05, 0) is 43.5 Å². The first-order valence-electron chi connectivity index (χ1n) is 8.30. The van der Waals surface area contributed by atoms with Crippen molar-refractivity contribution >= 4 is 17.0 Å². The van der Waals surface area contributed by atoms with Crippen LogP contribution >= 0.6 is 0 Å². The van der Waals surface area contributed by atoms with E-state index >= 15 is 0 Å². The minimum atomic E-state index is -0.952. The highest BCUT2D eigenvalue weighted by Crippen LogP contribution is 2.26. The number of benzene rings is 1. The molecule has 0 bridgehead atoms. The normalized spacial score (nSPS) is 12.6. The zero-order chi connectivity index (χ0) is 19.0. The molecule has 0 fully saturated rings. The molecule has 1 unspecified atom stereocenters. The molecule has 3 rings (SSSR count). The number of amides is 1. The van der Waals surface area contributed by atoms with Gasteiger partial charge in [0.05, 0.1) is 22.7 Å². The smallest absolute Gasteiger partial charge is 0.259 e. The van der Waals surface area contributed by atoms with Crippen molar-refractivity contribution in [2.75, 3.05) is 0 Å². The van der Waals surface area contributed by atoms with Gasteiger partial charge in [0.25, 0.3) is 11.6 Å². The maximum atomic E-state index is 13.4. The molecule has 1 aromatic carbocycles. The first-order chi connectivity index (χ1) is 12.3. The number of rotatable bonds is 4. The van der Waals surface area contributed by atoms with Crippen LogP contribution in [0.4, 0.5) is 8.78 Å². The van der Waals surface area contributed by atoms with Crippen LogP contribution in [-0.4, -0.2) is 16.0 Å². The number of nitrogens with zero attached hydrogens (tertiary/aromatic N) is 2. The Labute approximate surface area is 149 Å². The van der Waals surface area contributed by atoms with E-state index in [1.807, 2.05) is 13.8 Å². The van der Waals surface area contributed by atoms with Gasteiger partial charge in [0.1, 0.15) is 0 Å². The molecule has 0 spiro atoms. The number of hydrogen-bond donors (Lipinski definition) is 1. The third-order valence-corrected chi connectivity index (χ3v) is 4.26. The molecule has 26 heavy (non-hydrogen) atoms. The lowest BCUT2D eigenvalue weighted by atomic mass is 10.0. The van der Waals surface area contributed by atoms with Crippen LogP contribution in [0.3, 0.4) is 0 Å². The second kappa shape index (κ2) is 6.82. The summed E-state index contributed by atoms with van der Waals surface area (Å²) in [6, 6.07) is 4.76. The molecule has 0 aliphatic heterocycles. The molecule has 1 atom stereocenters. The molecule has 0 aliphatic carbocycles. The van der Waals surface area contributed by atoms with Crippen LogP contribution in [0.15, 0.2) is 28.8 Å². The van der Waals surface area contributed by atoms with E-state index in [0.29, 0.717) is 33.6 Å².